The molecule has 0 saturated carbocycles. The van der Waals surface area contributed by atoms with Crippen LogP contribution in [0.5, 0.6) is 0 Å². The summed E-state index contributed by atoms with van der Waals surface area (Å²) >= 11 is 0. The van der Waals surface area contributed by atoms with Crippen LogP contribution in [0, 0.1) is 5.82 Å². The Morgan fingerprint density at radius 3 is 2.71 bits per heavy atom. The van der Waals surface area contributed by atoms with Crippen LogP contribution in [-0.2, 0) is 4.79 Å². The van der Waals surface area contributed by atoms with Crippen molar-refractivity contribution in [2.24, 2.45) is 5.73 Å². The van der Waals surface area contributed by atoms with Gasteiger partial charge < -0.3 is 11.1 Å². The molecular formula is C10H13FN2O. The Kier molecular flexibility index (Phi) is 3.59. The molecule has 0 radical (unpaired) electrons. The van der Waals surface area contributed by atoms with Crippen LogP contribution >= 0.6 is 0 Å². The molecule has 1 aromatic rings. The van der Waals surface area contributed by atoms with Crippen molar-refractivity contribution in [3.63, 3.8) is 0 Å². The van der Waals surface area contributed by atoms with Crippen LogP contribution in [0.4, 0.5) is 4.39 Å². The summed E-state index contributed by atoms with van der Waals surface area (Å²) in [5.41, 5.74) is 5.52. The van der Waals surface area contributed by atoms with E-state index in [1.165, 1.54) is 6.07 Å². The standard InChI is InChI=1S/C10H13FN2O/c1-13-9(6-10(12)14)7-4-2-3-5-8(7)11/h2-5,9,13H,6H2,1H3,(H2,12,14). The third kappa shape index (κ3) is 2.53. The summed E-state index contributed by atoms with van der Waals surface area (Å²) in [7, 11) is 1.67. The predicted molar refractivity (Wildman–Crippen MR) is 52.0 cm³/mol. The molecule has 0 spiro atoms. The zero-order valence-corrected chi connectivity index (χ0v) is 7.96. The van der Waals surface area contributed by atoms with Gasteiger partial charge in [0.05, 0.1) is 0 Å². The normalized spacial score (nSPS) is 12.4. The number of nitrogens with one attached hydrogen (secondary N) is 1. The molecule has 1 rings (SSSR count). The van der Waals surface area contributed by atoms with Crippen LogP contribution in [0.2, 0.25) is 0 Å². The summed E-state index contributed by atoms with van der Waals surface area (Å²) < 4.78 is 13.3. The average molecular weight is 196 g/mol. The molecule has 3 nitrogen and oxygen atoms in total. The number of benzene rings is 1. The smallest absolute Gasteiger partial charge is 0.219 e. The number of carbonyl (C=O) groups excluding carboxylic acids is 1. The molecule has 1 unspecified atom stereocenters. The number of amides is 1. The highest BCUT2D eigenvalue weighted by Gasteiger charge is 2.15. The third-order valence-corrected chi connectivity index (χ3v) is 2.03. The zero-order chi connectivity index (χ0) is 10.6. The molecule has 1 amide bonds. The van der Waals surface area contributed by atoms with Crippen molar-refractivity contribution >= 4 is 5.91 Å². The maximum atomic E-state index is 13.3. The Morgan fingerprint density at radius 1 is 1.57 bits per heavy atom. The SMILES string of the molecule is CNC(CC(N)=O)c1ccccc1F. The van der Waals surface area contributed by atoms with Crippen molar-refractivity contribution in [1.29, 1.82) is 0 Å². The molecule has 1 atom stereocenters. The lowest BCUT2D eigenvalue weighted by Gasteiger charge is -2.15. The maximum absolute atomic E-state index is 13.3. The number of hydrogen-bond donors (Lipinski definition) is 2. The van der Waals surface area contributed by atoms with Crippen molar-refractivity contribution in [1.82, 2.24) is 5.32 Å². The van der Waals surface area contributed by atoms with E-state index in [0.29, 0.717) is 5.56 Å². The van der Waals surface area contributed by atoms with Crippen molar-refractivity contribution in [2.45, 2.75) is 12.5 Å². The molecule has 0 aliphatic heterocycles. The summed E-state index contributed by atoms with van der Waals surface area (Å²) in [6.07, 6.45) is 0.0947. The predicted octanol–water partition coefficient (Wildman–Crippen LogP) is 0.962. The Bertz CT molecular complexity index is 328. The summed E-state index contributed by atoms with van der Waals surface area (Å²) in [6, 6.07) is 5.98. The highest BCUT2D eigenvalue weighted by atomic mass is 19.1. The van der Waals surface area contributed by atoms with E-state index in [1.54, 1.807) is 25.2 Å². The van der Waals surface area contributed by atoms with Gasteiger partial charge in [0.25, 0.3) is 0 Å². The van der Waals surface area contributed by atoms with Gasteiger partial charge in [0.15, 0.2) is 0 Å². The van der Waals surface area contributed by atoms with Crippen LogP contribution in [0.15, 0.2) is 24.3 Å². The third-order valence-electron chi connectivity index (χ3n) is 2.03. The van der Waals surface area contributed by atoms with Gasteiger partial charge in [-0.05, 0) is 13.1 Å². The van der Waals surface area contributed by atoms with Crippen molar-refractivity contribution in [3.8, 4) is 0 Å². The van der Waals surface area contributed by atoms with Gasteiger partial charge in [-0.1, -0.05) is 18.2 Å². The number of primary amides is 1. The fourth-order valence-corrected chi connectivity index (χ4v) is 1.33. The second-order valence-electron chi connectivity index (χ2n) is 3.03. The van der Waals surface area contributed by atoms with Gasteiger partial charge in [0.2, 0.25) is 5.91 Å². The Hall–Kier alpha value is -1.42. The van der Waals surface area contributed by atoms with Crippen LogP contribution < -0.4 is 11.1 Å². The molecule has 0 fully saturated rings. The number of hydrogen-bond acceptors (Lipinski definition) is 2. The highest BCUT2D eigenvalue weighted by molar-refractivity contribution is 5.74. The minimum Gasteiger partial charge on any atom is -0.370 e. The van der Waals surface area contributed by atoms with E-state index in [4.69, 9.17) is 5.73 Å². The van der Waals surface area contributed by atoms with E-state index in [9.17, 15) is 9.18 Å². The van der Waals surface area contributed by atoms with Crippen LogP contribution in [0.25, 0.3) is 0 Å². The van der Waals surface area contributed by atoms with Gasteiger partial charge in [0.1, 0.15) is 5.82 Å². The molecule has 76 valence electrons. The number of carbonyl (C=O) groups is 1. The molecule has 4 heteroatoms. The molecule has 0 aromatic heterocycles. The monoisotopic (exact) mass is 196 g/mol. The maximum Gasteiger partial charge on any atom is 0.219 e. The number of halogens is 1. The second kappa shape index (κ2) is 4.72. The molecule has 14 heavy (non-hydrogen) atoms. The second-order valence-corrected chi connectivity index (χ2v) is 3.03. The first-order valence-electron chi connectivity index (χ1n) is 4.35. The van der Waals surface area contributed by atoms with Gasteiger partial charge in [-0.15, -0.1) is 0 Å². The van der Waals surface area contributed by atoms with E-state index in [1.807, 2.05) is 0 Å². The van der Waals surface area contributed by atoms with E-state index >= 15 is 0 Å². The molecule has 3 N–H and O–H groups in total. The van der Waals surface area contributed by atoms with E-state index in [2.05, 4.69) is 5.32 Å². The number of rotatable bonds is 4. The quantitative estimate of drug-likeness (QED) is 0.753. The first kappa shape index (κ1) is 10.7. The molecule has 0 aliphatic rings. The van der Waals surface area contributed by atoms with E-state index < -0.39 is 5.91 Å². The molecule has 0 saturated heterocycles. The Balaban J connectivity index is 2.89. The summed E-state index contributed by atoms with van der Waals surface area (Å²) in [5.74, 6) is -0.777. The fraction of sp³-hybridized carbons (Fsp3) is 0.300. The first-order chi connectivity index (χ1) is 6.65. The minimum atomic E-state index is -0.451. The fourth-order valence-electron chi connectivity index (χ4n) is 1.33. The zero-order valence-electron chi connectivity index (χ0n) is 7.96. The highest BCUT2D eigenvalue weighted by Crippen LogP contribution is 2.18. The van der Waals surface area contributed by atoms with Gasteiger partial charge in [-0.2, -0.15) is 0 Å². The molecule has 0 heterocycles. The van der Waals surface area contributed by atoms with Gasteiger partial charge in [-0.3, -0.25) is 4.79 Å². The van der Waals surface area contributed by atoms with Crippen molar-refractivity contribution < 1.29 is 9.18 Å². The van der Waals surface area contributed by atoms with Gasteiger partial charge in [0, 0.05) is 18.0 Å². The largest absolute Gasteiger partial charge is 0.370 e. The van der Waals surface area contributed by atoms with Crippen LogP contribution in [0.1, 0.15) is 18.0 Å². The van der Waals surface area contributed by atoms with Crippen molar-refractivity contribution in [2.75, 3.05) is 7.05 Å². The Morgan fingerprint density at radius 2 is 2.21 bits per heavy atom. The van der Waals surface area contributed by atoms with Gasteiger partial charge in [-0.25, -0.2) is 4.39 Å². The van der Waals surface area contributed by atoms with Crippen LogP contribution in [-0.4, -0.2) is 13.0 Å². The molecular weight excluding hydrogens is 183 g/mol. The van der Waals surface area contributed by atoms with Gasteiger partial charge >= 0.3 is 0 Å². The topological polar surface area (TPSA) is 55.1 Å². The summed E-state index contributed by atoms with van der Waals surface area (Å²) in [5, 5.41) is 2.85. The van der Waals surface area contributed by atoms with Crippen molar-refractivity contribution in [3.05, 3.63) is 35.6 Å². The lowest BCUT2D eigenvalue weighted by molar-refractivity contribution is -0.118. The lowest BCUT2D eigenvalue weighted by Crippen LogP contribution is -2.24. The summed E-state index contributed by atoms with van der Waals surface area (Å²) in [6.45, 7) is 0. The summed E-state index contributed by atoms with van der Waals surface area (Å²) in [4.78, 5) is 10.7. The molecule has 0 bridgehead atoms. The van der Waals surface area contributed by atoms with E-state index in [0.717, 1.165) is 0 Å². The molecule has 0 aliphatic carbocycles. The lowest BCUT2D eigenvalue weighted by atomic mass is 10.0. The number of nitrogens with two attached hydrogens (primary N) is 1. The molecule has 1 aromatic carbocycles. The minimum absolute atomic E-state index is 0.0947. The first-order valence-corrected chi connectivity index (χ1v) is 4.35. The Labute approximate surface area is 82.1 Å². The van der Waals surface area contributed by atoms with Crippen LogP contribution in [0.3, 0.4) is 0 Å². The van der Waals surface area contributed by atoms with E-state index in [-0.39, 0.29) is 18.3 Å². The average Bonchev–Trinajstić information content (AvgIpc) is 2.15.